The molecule has 0 saturated carbocycles. The number of carbonyl (C=O) groups excluding carboxylic acids is 1. The molecule has 0 spiro atoms. The second-order valence-corrected chi connectivity index (χ2v) is 4.77. The fourth-order valence-corrected chi connectivity index (χ4v) is 2.00. The fourth-order valence-electron chi connectivity index (χ4n) is 1.64. The normalized spacial score (nSPS) is 10.1. The van der Waals surface area contributed by atoms with Gasteiger partial charge >= 0.3 is 0 Å². The highest BCUT2D eigenvalue weighted by molar-refractivity contribution is 9.10. The van der Waals surface area contributed by atoms with E-state index < -0.39 is 0 Å². The van der Waals surface area contributed by atoms with Gasteiger partial charge in [-0.15, -0.1) is 0 Å². The van der Waals surface area contributed by atoms with Gasteiger partial charge in [0.25, 0.3) is 5.91 Å². The number of nitrogens with two attached hydrogens (primary N) is 1. The van der Waals surface area contributed by atoms with Crippen LogP contribution in [0.2, 0.25) is 0 Å². The van der Waals surface area contributed by atoms with Crippen LogP contribution in [0.4, 0.5) is 11.4 Å². The van der Waals surface area contributed by atoms with E-state index in [-0.39, 0.29) is 5.91 Å². The summed E-state index contributed by atoms with van der Waals surface area (Å²) in [7, 11) is 0. The molecule has 4 heteroatoms. The van der Waals surface area contributed by atoms with Gasteiger partial charge in [0.1, 0.15) is 0 Å². The Bertz CT molecular complexity index is 596. The van der Waals surface area contributed by atoms with Crippen LogP contribution in [0.25, 0.3) is 0 Å². The maximum absolute atomic E-state index is 12.1. The maximum Gasteiger partial charge on any atom is 0.257 e. The van der Waals surface area contributed by atoms with E-state index in [9.17, 15) is 4.79 Å². The van der Waals surface area contributed by atoms with Gasteiger partial charge in [-0.3, -0.25) is 4.79 Å². The summed E-state index contributed by atoms with van der Waals surface area (Å²) in [5, 5.41) is 2.84. The summed E-state index contributed by atoms with van der Waals surface area (Å²) in [4.78, 5) is 12.1. The Morgan fingerprint density at radius 2 is 1.89 bits per heavy atom. The van der Waals surface area contributed by atoms with Crippen molar-refractivity contribution in [2.45, 2.75) is 6.92 Å². The smallest absolute Gasteiger partial charge is 0.257 e. The molecule has 0 unspecified atom stereocenters. The molecule has 0 atom stereocenters. The van der Waals surface area contributed by atoms with Crippen LogP contribution in [0.1, 0.15) is 15.9 Å². The van der Waals surface area contributed by atoms with Gasteiger partial charge in [-0.2, -0.15) is 0 Å². The first-order chi connectivity index (χ1) is 8.59. The zero-order valence-corrected chi connectivity index (χ0v) is 11.5. The van der Waals surface area contributed by atoms with Crippen molar-refractivity contribution in [2.75, 3.05) is 11.1 Å². The van der Waals surface area contributed by atoms with Crippen LogP contribution >= 0.6 is 15.9 Å². The van der Waals surface area contributed by atoms with Gasteiger partial charge in [0.2, 0.25) is 0 Å². The highest BCUT2D eigenvalue weighted by Crippen LogP contribution is 2.26. The number of anilines is 2. The van der Waals surface area contributed by atoms with Crippen molar-refractivity contribution < 1.29 is 4.79 Å². The molecule has 18 heavy (non-hydrogen) atoms. The molecule has 2 rings (SSSR count). The van der Waals surface area contributed by atoms with Gasteiger partial charge in [0, 0.05) is 10.2 Å². The maximum atomic E-state index is 12.1. The van der Waals surface area contributed by atoms with Crippen LogP contribution in [-0.2, 0) is 0 Å². The molecular weight excluding hydrogens is 292 g/mol. The minimum Gasteiger partial charge on any atom is -0.398 e. The molecule has 0 aliphatic carbocycles. The van der Waals surface area contributed by atoms with Crippen molar-refractivity contribution in [1.82, 2.24) is 0 Å². The second-order valence-electron chi connectivity index (χ2n) is 3.98. The van der Waals surface area contributed by atoms with E-state index in [2.05, 4.69) is 21.2 Å². The largest absolute Gasteiger partial charge is 0.398 e. The van der Waals surface area contributed by atoms with Gasteiger partial charge in [-0.1, -0.05) is 24.3 Å². The fraction of sp³-hybridized carbons (Fsp3) is 0.0714. The van der Waals surface area contributed by atoms with E-state index in [1.807, 2.05) is 25.1 Å². The summed E-state index contributed by atoms with van der Waals surface area (Å²) in [5.41, 5.74) is 8.52. The highest BCUT2D eigenvalue weighted by atomic mass is 79.9. The molecule has 0 saturated heterocycles. The van der Waals surface area contributed by atoms with Crippen LogP contribution in [0.5, 0.6) is 0 Å². The van der Waals surface area contributed by atoms with E-state index in [1.165, 1.54) is 0 Å². The molecule has 0 aliphatic heterocycles. The van der Waals surface area contributed by atoms with E-state index in [0.717, 1.165) is 15.7 Å². The molecule has 0 fully saturated rings. The number of hydrogen-bond donors (Lipinski definition) is 2. The summed E-state index contributed by atoms with van der Waals surface area (Å²) in [6, 6.07) is 12.7. The van der Waals surface area contributed by atoms with Gasteiger partial charge in [0.15, 0.2) is 0 Å². The minimum absolute atomic E-state index is 0.209. The number of aryl methyl sites for hydroxylation is 1. The third-order valence-corrected chi connectivity index (χ3v) is 3.70. The zero-order chi connectivity index (χ0) is 13.1. The van der Waals surface area contributed by atoms with Crippen LogP contribution < -0.4 is 11.1 Å². The average Bonchev–Trinajstić information content (AvgIpc) is 2.35. The predicted molar refractivity (Wildman–Crippen MR) is 77.7 cm³/mol. The number of rotatable bonds is 2. The second kappa shape index (κ2) is 5.23. The molecule has 3 N–H and O–H groups in total. The van der Waals surface area contributed by atoms with Gasteiger partial charge < -0.3 is 11.1 Å². The molecule has 92 valence electrons. The van der Waals surface area contributed by atoms with Crippen molar-refractivity contribution in [3.63, 3.8) is 0 Å². The molecule has 0 radical (unpaired) electrons. The number of benzene rings is 2. The number of amides is 1. The summed E-state index contributed by atoms with van der Waals surface area (Å²) in [6.45, 7) is 1.97. The molecule has 2 aromatic rings. The Morgan fingerprint density at radius 3 is 2.61 bits per heavy atom. The van der Waals surface area contributed by atoms with E-state index in [4.69, 9.17) is 5.73 Å². The van der Waals surface area contributed by atoms with E-state index in [1.54, 1.807) is 24.3 Å². The Hall–Kier alpha value is -1.81. The summed E-state index contributed by atoms with van der Waals surface area (Å²) >= 11 is 3.45. The monoisotopic (exact) mass is 304 g/mol. The number of carbonyl (C=O) groups is 1. The third-order valence-electron chi connectivity index (χ3n) is 2.65. The number of nitrogens with one attached hydrogen (secondary N) is 1. The molecule has 0 bridgehead atoms. The molecule has 1 amide bonds. The van der Waals surface area contributed by atoms with Crippen LogP contribution in [0.15, 0.2) is 46.9 Å². The summed E-state index contributed by atoms with van der Waals surface area (Å²) < 4.78 is 0.882. The third kappa shape index (κ3) is 2.54. The molecule has 2 aromatic carbocycles. The lowest BCUT2D eigenvalue weighted by molar-refractivity contribution is 0.102. The van der Waals surface area contributed by atoms with Crippen molar-refractivity contribution in [3.8, 4) is 0 Å². The Kier molecular flexibility index (Phi) is 3.67. The number of nitrogen functional groups attached to an aromatic ring is 1. The highest BCUT2D eigenvalue weighted by Gasteiger charge is 2.11. The van der Waals surface area contributed by atoms with Crippen molar-refractivity contribution in [3.05, 3.63) is 58.1 Å². The van der Waals surface area contributed by atoms with Crippen molar-refractivity contribution >= 4 is 33.2 Å². The first-order valence-corrected chi connectivity index (χ1v) is 6.30. The lowest BCUT2D eigenvalue weighted by Gasteiger charge is -2.10. The number of halogens is 1. The predicted octanol–water partition coefficient (Wildman–Crippen LogP) is 3.59. The zero-order valence-electron chi connectivity index (χ0n) is 9.91. The lowest BCUT2D eigenvalue weighted by atomic mass is 10.1. The van der Waals surface area contributed by atoms with Crippen LogP contribution in [-0.4, -0.2) is 5.91 Å². The molecule has 0 heterocycles. The van der Waals surface area contributed by atoms with Gasteiger partial charge in [-0.05, 0) is 46.6 Å². The van der Waals surface area contributed by atoms with Crippen molar-refractivity contribution in [2.24, 2.45) is 0 Å². The minimum atomic E-state index is -0.209. The summed E-state index contributed by atoms with van der Waals surface area (Å²) in [5.74, 6) is -0.209. The average molecular weight is 305 g/mol. The standard InChI is InChI=1S/C14H13BrN2O/c1-9-5-4-8-12(13(9)15)17-14(18)10-6-2-3-7-11(10)16/h2-8H,16H2,1H3,(H,17,18). The van der Waals surface area contributed by atoms with Gasteiger partial charge in [0.05, 0.1) is 11.3 Å². The molecular formula is C14H13BrN2O. The number of hydrogen-bond acceptors (Lipinski definition) is 2. The number of para-hydroxylation sites is 1. The Morgan fingerprint density at radius 1 is 1.17 bits per heavy atom. The van der Waals surface area contributed by atoms with Gasteiger partial charge in [-0.25, -0.2) is 0 Å². The molecule has 3 nitrogen and oxygen atoms in total. The molecule has 0 aromatic heterocycles. The first kappa shape index (κ1) is 12.6. The molecule has 0 aliphatic rings. The lowest BCUT2D eigenvalue weighted by Crippen LogP contribution is -2.14. The topological polar surface area (TPSA) is 55.1 Å². The van der Waals surface area contributed by atoms with Crippen LogP contribution in [0, 0.1) is 6.92 Å². The Balaban J connectivity index is 2.27. The summed E-state index contributed by atoms with van der Waals surface area (Å²) in [6.07, 6.45) is 0. The van der Waals surface area contributed by atoms with Crippen molar-refractivity contribution in [1.29, 1.82) is 0 Å². The Labute approximate surface area is 114 Å². The van der Waals surface area contributed by atoms with E-state index in [0.29, 0.717) is 11.3 Å². The van der Waals surface area contributed by atoms with Crippen LogP contribution in [0.3, 0.4) is 0 Å². The first-order valence-electron chi connectivity index (χ1n) is 5.50. The van der Waals surface area contributed by atoms with E-state index >= 15 is 0 Å². The quantitative estimate of drug-likeness (QED) is 0.833. The SMILES string of the molecule is Cc1cccc(NC(=O)c2ccccc2N)c1Br.